The molecule has 0 radical (unpaired) electrons. The largest absolute Gasteiger partial charge is 0.292 e. The van der Waals surface area contributed by atoms with Gasteiger partial charge in [-0.1, -0.05) is 255 Å². The van der Waals surface area contributed by atoms with Crippen molar-refractivity contribution in [1.29, 1.82) is 0 Å². The highest BCUT2D eigenvalue weighted by atomic mass is 15.1. The Bertz CT molecular complexity index is 5400. The molecule has 0 aliphatic rings. The van der Waals surface area contributed by atoms with Gasteiger partial charge in [-0.3, -0.25) is 4.57 Å². The summed E-state index contributed by atoms with van der Waals surface area (Å²) in [5, 5.41) is 14.4. The Labute approximate surface area is 490 Å². The van der Waals surface area contributed by atoms with Crippen LogP contribution in [0.5, 0.6) is 0 Å². The lowest BCUT2D eigenvalue weighted by molar-refractivity contribution is 1.10. The van der Waals surface area contributed by atoms with Crippen molar-refractivity contribution in [2.75, 3.05) is 0 Å². The number of pyridine rings is 2. The fraction of sp³-hybridized carbons (Fsp3) is 0. The van der Waals surface area contributed by atoms with Gasteiger partial charge in [-0.05, 0) is 147 Å². The average molecular weight is 1080 g/mol. The number of imidazole rings is 1. The molecule has 3 heterocycles. The van der Waals surface area contributed by atoms with Gasteiger partial charge in [0, 0.05) is 33.2 Å². The number of rotatable bonds is 8. The van der Waals surface area contributed by atoms with Crippen molar-refractivity contribution in [2.45, 2.75) is 0 Å². The van der Waals surface area contributed by atoms with Crippen molar-refractivity contribution < 1.29 is 0 Å². The highest BCUT2D eigenvalue weighted by Crippen LogP contribution is 2.48. The van der Waals surface area contributed by atoms with Crippen LogP contribution in [0.15, 0.2) is 303 Å². The molecular formula is C81H50N4. The maximum Gasteiger partial charge on any atom is 0.145 e. The first-order valence-corrected chi connectivity index (χ1v) is 29.1. The van der Waals surface area contributed by atoms with Gasteiger partial charge in [-0.25, -0.2) is 15.0 Å². The molecule has 17 aromatic rings. The molecule has 0 atom stereocenters. The molecule has 394 valence electrons. The highest BCUT2D eigenvalue weighted by molar-refractivity contribution is 6.27. The van der Waals surface area contributed by atoms with Gasteiger partial charge in [0.05, 0.1) is 33.5 Å². The van der Waals surface area contributed by atoms with Gasteiger partial charge >= 0.3 is 0 Å². The van der Waals surface area contributed by atoms with E-state index in [1.54, 1.807) is 0 Å². The molecule has 0 fully saturated rings. The lowest BCUT2D eigenvalue weighted by Gasteiger charge is -2.20. The molecular weight excluding hydrogens is 1030 g/mol. The zero-order valence-electron chi connectivity index (χ0n) is 46.2. The minimum atomic E-state index is 0.860. The minimum Gasteiger partial charge on any atom is -0.292 e. The van der Waals surface area contributed by atoms with E-state index < -0.39 is 0 Å². The van der Waals surface area contributed by atoms with Crippen LogP contribution in [0, 0.1) is 0 Å². The monoisotopic (exact) mass is 1080 g/mol. The van der Waals surface area contributed by atoms with Crippen molar-refractivity contribution in [3.8, 4) is 84.1 Å². The lowest BCUT2D eigenvalue weighted by Crippen LogP contribution is -1.98. The summed E-state index contributed by atoms with van der Waals surface area (Å²) in [6, 6.07) is 110. The summed E-state index contributed by atoms with van der Waals surface area (Å²) in [7, 11) is 0. The van der Waals surface area contributed by atoms with Crippen molar-refractivity contribution >= 4 is 86.7 Å². The fourth-order valence-corrected chi connectivity index (χ4v) is 13.4. The van der Waals surface area contributed by atoms with Crippen LogP contribution in [-0.4, -0.2) is 19.5 Å². The zero-order chi connectivity index (χ0) is 56.0. The fourth-order valence-electron chi connectivity index (χ4n) is 13.4. The summed E-state index contributed by atoms with van der Waals surface area (Å²) in [6.45, 7) is 0. The maximum atomic E-state index is 5.61. The van der Waals surface area contributed by atoms with Gasteiger partial charge < -0.3 is 0 Å². The van der Waals surface area contributed by atoms with Crippen molar-refractivity contribution in [2.24, 2.45) is 0 Å². The highest BCUT2D eigenvalue weighted by Gasteiger charge is 2.23. The predicted molar refractivity (Wildman–Crippen MR) is 357 cm³/mol. The van der Waals surface area contributed by atoms with E-state index in [1.165, 1.54) is 70.6 Å². The third-order valence-corrected chi connectivity index (χ3v) is 17.3. The van der Waals surface area contributed by atoms with E-state index in [-0.39, 0.29) is 0 Å². The van der Waals surface area contributed by atoms with Crippen LogP contribution >= 0.6 is 0 Å². The average Bonchev–Trinajstić information content (AvgIpc) is 1.80. The molecule has 85 heavy (non-hydrogen) atoms. The Kier molecular flexibility index (Phi) is 11.2. The van der Waals surface area contributed by atoms with Crippen molar-refractivity contribution in [1.82, 2.24) is 19.5 Å². The Morgan fingerprint density at radius 1 is 0.235 bits per heavy atom. The number of hydrogen-bond acceptors (Lipinski definition) is 3. The van der Waals surface area contributed by atoms with Crippen LogP contribution < -0.4 is 0 Å². The first kappa shape index (κ1) is 48.4. The summed E-state index contributed by atoms with van der Waals surface area (Å²) in [6.07, 6.45) is 0. The molecule has 0 bridgehead atoms. The Morgan fingerprint density at radius 3 is 1.26 bits per heavy atom. The van der Waals surface area contributed by atoms with E-state index >= 15 is 0 Å². The van der Waals surface area contributed by atoms with Gasteiger partial charge in [-0.15, -0.1) is 0 Å². The number of hydrogen-bond donors (Lipinski definition) is 0. The van der Waals surface area contributed by atoms with Gasteiger partial charge in [0.1, 0.15) is 5.82 Å². The molecule has 0 saturated heterocycles. The van der Waals surface area contributed by atoms with E-state index in [2.05, 4.69) is 308 Å². The van der Waals surface area contributed by atoms with Crippen molar-refractivity contribution in [3.05, 3.63) is 303 Å². The SMILES string of the molecule is c1ccc(-c2cc(-c3ccc(-c4nc5ccccc5n4-c4ccc(-c5c6ccccc6c(-c6c7ccccc7cc7ccccc67)c6ccccc56)cc4)cc3)nc3c2ccc2c(-c4ccccc4)cc(-c4ccc5ccccc5c4)nc23)cc1. The molecule has 17 rings (SSSR count). The predicted octanol–water partition coefficient (Wildman–Crippen LogP) is 21.6. The summed E-state index contributed by atoms with van der Waals surface area (Å²) < 4.78 is 2.30. The normalized spacial score (nSPS) is 11.8. The molecule has 4 nitrogen and oxygen atoms in total. The van der Waals surface area contributed by atoms with E-state index in [0.717, 1.165) is 100 Å². The van der Waals surface area contributed by atoms with E-state index in [1.807, 2.05) is 0 Å². The summed E-state index contributed by atoms with van der Waals surface area (Å²) in [5.41, 5.74) is 19.0. The lowest BCUT2D eigenvalue weighted by atomic mass is 9.83. The summed E-state index contributed by atoms with van der Waals surface area (Å²) in [5.74, 6) is 0.865. The Morgan fingerprint density at radius 2 is 0.671 bits per heavy atom. The minimum absolute atomic E-state index is 0.860. The molecule has 0 saturated carbocycles. The Hall–Kier alpha value is -11.3. The molecule has 14 aromatic carbocycles. The molecule has 4 heteroatoms. The molecule has 0 spiro atoms. The number of aromatic nitrogens is 4. The first-order valence-electron chi connectivity index (χ1n) is 29.1. The van der Waals surface area contributed by atoms with Crippen LogP contribution in [0.4, 0.5) is 0 Å². The second-order valence-corrected chi connectivity index (χ2v) is 22.2. The number of nitrogens with zero attached hydrogens (tertiary/aromatic N) is 4. The molecule has 0 aliphatic heterocycles. The smallest absolute Gasteiger partial charge is 0.145 e. The van der Waals surface area contributed by atoms with Gasteiger partial charge in [0.15, 0.2) is 0 Å². The summed E-state index contributed by atoms with van der Waals surface area (Å²) in [4.78, 5) is 16.5. The van der Waals surface area contributed by atoms with Gasteiger partial charge in [-0.2, -0.15) is 0 Å². The quantitative estimate of drug-likeness (QED) is 0.112. The first-order chi connectivity index (χ1) is 42.1. The zero-order valence-corrected chi connectivity index (χ0v) is 46.2. The van der Waals surface area contributed by atoms with Crippen LogP contribution in [0.1, 0.15) is 0 Å². The third kappa shape index (κ3) is 8.02. The molecule has 0 N–H and O–H groups in total. The van der Waals surface area contributed by atoms with Crippen LogP contribution in [-0.2, 0) is 0 Å². The van der Waals surface area contributed by atoms with E-state index in [4.69, 9.17) is 15.0 Å². The number of benzene rings is 14. The van der Waals surface area contributed by atoms with Crippen LogP contribution in [0.25, 0.3) is 171 Å². The number of fused-ring (bicyclic) bond motifs is 9. The van der Waals surface area contributed by atoms with Gasteiger partial charge in [0.25, 0.3) is 0 Å². The molecule has 3 aromatic heterocycles. The number of para-hydroxylation sites is 2. The maximum absolute atomic E-state index is 5.61. The van der Waals surface area contributed by atoms with E-state index in [9.17, 15) is 0 Å². The standard InChI is InChI=1S/C81H50N4/c1-3-20-52(21-4-1)70-49-73(82-79-68(70)45-46-69-71(53-22-5-2-6-23-53)50-74(83-80(69)79)60-40-35-51-19-7-8-24-57(51)47-60)54-36-38-56(39-37-54)81-84-72-33-17-18-34-75(72)85(81)61-43-41-55(42-44-61)76-64-29-13-15-31-66(64)78(67-32-16-14-30-65(67)76)77-62-27-11-9-25-58(62)48-59-26-10-12-28-63(59)77/h1-50H. The summed E-state index contributed by atoms with van der Waals surface area (Å²) >= 11 is 0. The molecule has 0 amide bonds. The van der Waals surface area contributed by atoms with Gasteiger partial charge in [0.2, 0.25) is 0 Å². The second kappa shape index (κ2) is 19.7. The van der Waals surface area contributed by atoms with Crippen molar-refractivity contribution in [3.63, 3.8) is 0 Å². The molecule has 0 unspecified atom stereocenters. The Balaban J connectivity index is 0.795. The topological polar surface area (TPSA) is 43.6 Å². The third-order valence-electron chi connectivity index (χ3n) is 17.3. The van der Waals surface area contributed by atoms with Crippen LogP contribution in [0.2, 0.25) is 0 Å². The van der Waals surface area contributed by atoms with Crippen LogP contribution in [0.3, 0.4) is 0 Å². The van der Waals surface area contributed by atoms with E-state index in [0.29, 0.717) is 0 Å². The molecule has 0 aliphatic carbocycles. The second-order valence-electron chi connectivity index (χ2n) is 22.2.